The van der Waals surface area contributed by atoms with Crippen LogP contribution in [0.25, 0.3) is 0 Å². The van der Waals surface area contributed by atoms with Gasteiger partial charge in [0.05, 0.1) is 0 Å². The molecule has 5 heteroatoms. The van der Waals surface area contributed by atoms with Crippen molar-refractivity contribution >= 4 is 34.2 Å². The minimum atomic E-state index is -0.820. The molecular weight excluding hydrogens is 343 g/mol. The molecule has 1 fully saturated rings. The molecule has 4 nitrogen and oxygen atoms in total. The normalized spacial score (nSPS) is 19.4. The molecule has 1 saturated heterocycles. The molecule has 0 spiro atoms. The number of carboxylic acid groups (broad SMARTS) is 1. The lowest BCUT2D eigenvalue weighted by atomic mass is 9.87. The second-order valence-corrected chi connectivity index (χ2v) is 6.07. The van der Waals surface area contributed by atoms with Gasteiger partial charge in [-0.05, 0) is 66.7 Å². The van der Waals surface area contributed by atoms with Crippen LogP contribution < -0.4 is 5.32 Å². The molecule has 0 aromatic heterocycles. The molecule has 0 bridgehead atoms. The number of hydrogen-bond donors (Lipinski definition) is 2. The largest absolute Gasteiger partial charge is 0.480 e. The van der Waals surface area contributed by atoms with Crippen LogP contribution in [0.5, 0.6) is 0 Å². The van der Waals surface area contributed by atoms with Crippen LogP contribution in [-0.2, 0) is 4.79 Å². The predicted octanol–water partition coefficient (Wildman–Crippen LogP) is 2.25. The Kier molecular flexibility index (Phi) is 4.11. The number of piperidine rings is 1. The third-order valence-electron chi connectivity index (χ3n) is 3.48. The molecule has 1 aromatic rings. The quantitative estimate of drug-likeness (QED) is 0.812. The van der Waals surface area contributed by atoms with Gasteiger partial charge in [0, 0.05) is 22.3 Å². The first-order valence-electron chi connectivity index (χ1n) is 5.97. The van der Waals surface area contributed by atoms with E-state index in [1.165, 1.54) is 0 Å². The summed E-state index contributed by atoms with van der Waals surface area (Å²) in [6.45, 7) is 1.62. The highest BCUT2D eigenvalue weighted by molar-refractivity contribution is 14.1. The van der Waals surface area contributed by atoms with Gasteiger partial charge >= 0.3 is 5.97 Å². The van der Waals surface area contributed by atoms with Crippen molar-refractivity contribution in [3.63, 3.8) is 0 Å². The van der Waals surface area contributed by atoms with Crippen LogP contribution in [0.3, 0.4) is 0 Å². The van der Waals surface area contributed by atoms with Crippen LogP contribution in [-0.4, -0.2) is 41.7 Å². The molecule has 0 amide bonds. The maximum atomic E-state index is 11.6. The number of nitrogens with zero attached hydrogens (tertiary/aromatic N) is 1. The molecule has 0 radical (unpaired) electrons. The molecule has 18 heavy (non-hydrogen) atoms. The molecule has 1 heterocycles. The highest BCUT2D eigenvalue weighted by atomic mass is 127. The fourth-order valence-electron chi connectivity index (χ4n) is 2.20. The summed E-state index contributed by atoms with van der Waals surface area (Å²) < 4.78 is 1.14. The lowest BCUT2D eigenvalue weighted by Crippen LogP contribution is -2.53. The van der Waals surface area contributed by atoms with Crippen LogP contribution in [0.1, 0.15) is 12.8 Å². The van der Waals surface area contributed by atoms with E-state index < -0.39 is 11.5 Å². The molecule has 1 aliphatic rings. The summed E-state index contributed by atoms with van der Waals surface area (Å²) in [7, 11) is 2.02. The lowest BCUT2D eigenvalue weighted by molar-refractivity contribution is -0.143. The average Bonchev–Trinajstić information content (AvgIpc) is 2.35. The van der Waals surface area contributed by atoms with Gasteiger partial charge in [-0.1, -0.05) is 0 Å². The maximum absolute atomic E-state index is 11.6. The predicted molar refractivity (Wildman–Crippen MR) is 79.9 cm³/mol. The highest BCUT2D eigenvalue weighted by Crippen LogP contribution is 2.27. The van der Waals surface area contributed by atoms with E-state index in [4.69, 9.17) is 0 Å². The molecule has 98 valence electrons. The monoisotopic (exact) mass is 360 g/mol. The number of benzene rings is 1. The Hall–Kier alpha value is -0.820. The van der Waals surface area contributed by atoms with Crippen LogP contribution in [0, 0.1) is 3.57 Å². The summed E-state index contributed by atoms with van der Waals surface area (Å²) >= 11 is 2.24. The summed E-state index contributed by atoms with van der Waals surface area (Å²) in [5, 5.41) is 12.7. The molecule has 1 aromatic carbocycles. The second-order valence-electron chi connectivity index (χ2n) is 4.82. The minimum Gasteiger partial charge on any atom is -0.480 e. The topological polar surface area (TPSA) is 52.6 Å². The number of anilines is 1. The molecule has 2 N–H and O–H groups in total. The number of carboxylic acids is 1. The third kappa shape index (κ3) is 2.95. The van der Waals surface area contributed by atoms with Crippen LogP contribution in [0.2, 0.25) is 0 Å². The van der Waals surface area contributed by atoms with E-state index in [1.807, 2.05) is 31.3 Å². The van der Waals surface area contributed by atoms with Crippen molar-refractivity contribution in [3.8, 4) is 0 Å². The Morgan fingerprint density at radius 3 is 2.39 bits per heavy atom. The van der Waals surface area contributed by atoms with Crippen molar-refractivity contribution in [2.45, 2.75) is 18.4 Å². The van der Waals surface area contributed by atoms with Gasteiger partial charge in [0.1, 0.15) is 5.54 Å². The Labute approximate surface area is 121 Å². The number of rotatable bonds is 3. The van der Waals surface area contributed by atoms with E-state index in [1.54, 1.807) is 0 Å². The first-order chi connectivity index (χ1) is 8.52. The van der Waals surface area contributed by atoms with Crippen molar-refractivity contribution in [3.05, 3.63) is 27.8 Å². The zero-order valence-corrected chi connectivity index (χ0v) is 12.5. The van der Waals surface area contributed by atoms with Crippen LogP contribution in [0.15, 0.2) is 24.3 Å². The van der Waals surface area contributed by atoms with E-state index in [0.29, 0.717) is 12.8 Å². The van der Waals surface area contributed by atoms with Crippen molar-refractivity contribution in [2.24, 2.45) is 0 Å². The number of likely N-dealkylation sites (tertiary alicyclic amines) is 1. The highest BCUT2D eigenvalue weighted by Gasteiger charge is 2.40. The zero-order chi connectivity index (χ0) is 13.2. The van der Waals surface area contributed by atoms with E-state index in [0.717, 1.165) is 22.3 Å². The number of aliphatic carboxylic acids is 1. The summed E-state index contributed by atoms with van der Waals surface area (Å²) in [5.74, 6) is -0.755. The lowest BCUT2D eigenvalue weighted by Gasteiger charge is -2.38. The van der Waals surface area contributed by atoms with Crippen LogP contribution >= 0.6 is 22.6 Å². The maximum Gasteiger partial charge on any atom is 0.329 e. The summed E-state index contributed by atoms with van der Waals surface area (Å²) in [5.41, 5.74) is 0.0571. The summed E-state index contributed by atoms with van der Waals surface area (Å²) in [6.07, 6.45) is 1.26. The molecule has 0 saturated carbocycles. The summed E-state index contributed by atoms with van der Waals surface area (Å²) in [4.78, 5) is 13.7. The standard InChI is InChI=1S/C13H17IN2O2/c1-16-8-6-13(7-9-16,12(17)18)15-11-4-2-10(14)3-5-11/h2-5,15H,6-9H2,1H3,(H,17,18). The van der Waals surface area contributed by atoms with E-state index in [-0.39, 0.29) is 0 Å². The Morgan fingerprint density at radius 1 is 1.33 bits per heavy atom. The van der Waals surface area contributed by atoms with Crippen molar-refractivity contribution in [1.82, 2.24) is 4.90 Å². The van der Waals surface area contributed by atoms with Gasteiger partial charge in [-0.25, -0.2) is 4.79 Å². The van der Waals surface area contributed by atoms with Crippen molar-refractivity contribution < 1.29 is 9.90 Å². The minimum absolute atomic E-state index is 0.630. The summed E-state index contributed by atoms with van der Waals surface area (Å²) in [6, 6.07) is 7.83. The Bertz CT molecular complexity index is 425. The average molecular weight is 360 g/mol. The molecule has 0 atom stereocenters. The third-order valence-corrected chi connectivity index (χ3v) is 4.20. The first-order valence-corrected chi connectivity index (χ1v) is 7.05. The Morgan fingerprint density at radius 2 is 1.89 bits per heavy atom. The van der Waals surface area contributed by atoms with E-state index in [2.05, 4.69) is 32.8 Å². The van der Waals surface area contributed by atoms with Gasteiger partial charge in [-0.2, -0.15) is 0 Å². The fourth-order valence-corrected chi connectivity index (χ4v) is 2.56. The van der Waals surface area contributed by atoms with Crippen molar-refractivity contribution in [1.29, 1.82) is 0 Å². The smallest absolute Gasteiger partial charge is 0.329 e. The molecular formula is C13H17IN2O2. The van der Waals surface area contributed by atoms with Gasteiger partial charge in [0.15, 0.2) is 0 Å². The molecule has 0 aliphatic carbocycles. The van der Waals surface area contributed by atoms with Gasteiger partial charge in [-0.3, -0.25) is 0 Å². The second kappa shape index (κ2) is 5.44. The fraction of sp³-hybridized carbons (Fsp3) is 0.462. The van der Waals surface area contributed by atoms with Gasteiger partial charge in [-0.15, -0.1) is 0 Å². The van der Waals surface area contributed by atoms with Gasteiger partial charge < -0.3 is 15.3 Å². The number of carbonyl (C=O) groups is 1. The first kappa shape index (κ1) is 13.6. The SMILES string of the molecule is CN1CCC(Nc2ccc(I)cc2)(C(=O)O)CC1. The van der Waals surface area contributed by atoms with E-state index in [9.17, 15) is 9.90 Å². The van der Waals surface area contributed by atoms with Crippen molar-refractivity contribution in [2.75, 3.05) is 25.5 Å². The number of nitrogens with one attached hydrogen (secondary N) is 1. The van der Waals surface area contributed by atoms with Crippen LogP contribution in [0.4, 0.5) is 5.69 Å². The van der Waals surface area contributed by atoms with Gasteiger partial charge in [0.2, 0.25) is 0 Å². The number of halogens is 1. The zero-order valence-electron chi connectivity index (χ0n) is 10.3. The molecule has 0 unspecified atom stereocenters. The number of hydrogen-bond acceptors (Lipinski definition) is 3. The molecule has 1 aliphatic heterocycles. The van der Waals surface area contributed by atoms with Gasteiger partial charge in [0.25, 0.3) is 0 Å². The Balaban J connectivity index is 2.16. The van der Waals surface area contributed by atoms with E-state index >= 15 is 0 Å². The molecule has 2 rings (SSSR count).